The van der Waals surface area contributed by atoms with Gasteiger partial charge in [0.05, 0.1) is 8.07 Å². The lowest BCUT2D eigenvalue weighted by Crippen LogP contribution is -2.28. The van der Waals surface area contributed by atoms with E-state index in [9.17, 15) is 0 Å². The highest BCUT2D eigenvalue weighted by atomic mass is 28.3. The van der Waals surface area contributed by atoms with Crippen molar-refractivity contribution in [2.24, 2.45) is 5.92 Å². The normalized spacial score (nSPS) is 12.0. The zero-order chi connectivity index (χ0) is 9.23. The summed E-state index contributed by atoms with van der Waals surface area (Å²) in [4.78, 5) is 0. The van der Waals surface area contributed by atoms with Crippen LogP contribution in [0.15, 0.2) is 10.8 Å². The Kier molecular flexibility index (Phi) is 3.56. The van der Waals surface area contributed by atoms with Crippen LogP contribution in [0.3, 0.4) is 0 Å². The molecular weight excluding hydrogens is 148 g/mol. The predicted octanol–water partition coefficient (Wildman–Crippen LogP) is 3.86. The molecule has 0 N–H and O–H groups in total. The van der Waals surface area contributed by atoms with Gasteiger partial charge in [-0.2, -0.15) is 0 Å². The van der Waals surface area contributed by atoms with Crippen LogP contribution in [-0.4, -0.2) is 8.07 Å². The number of hydrogen-bond donors (Lipinski definition) is 0. The van der Waals surface area contributed by atoms with Gasteiger partial charge in [-0.25, -0.2) is 0 Å². The summed E-state index contributed by atoms with van der Waals surface area (Å²) in [6.45, 7) is 16.4. The molecule has 0 aromatic rings. The molecule has 0 aliphatic rings. The summed E-state index contributed by atoms with van der Waals surface area (Å²) in [6.07, 6.45) is 0. The van der Waals surface area contributed by atoms with Crippen molar-refractivity contribution in [1.82, 2.24) is 0 Å². The van der Waals surface area contributed by atoms with Crippen molar-refractivity contribution in [1.29, 1.82) is 0 Å². The van der Waals surface area contributed by atoms with E-state index in [2.05, 4.69) is 47.3 Å². The van der Waals surface area contributed by atoms with Crippen molar-refractivity contribution in [3.63, 3.8) is 0 Å². The van der Waals surface area contributed by atoms with Crippen molar-refractivity contribution in [2.45, 2.75) is 47.3 Å². The molecule has 0 aromatic heterocycles. The second-order valence-electron chi connectivity index (χ2n) is 4.82. The Morgan fingerprint density at radius 3 is 1.36 bits per heavy atom. The van der Waals surface area contributed by atoms with Crippen LogP contribution in [0.5, 0.6) is 0 Å². The molecule has 0 unspecified atom stereocenters. The van der Waals surface area contributed by atoms with Gasteiger partial charge in [0.2, 0.25) is 0 Å². The van der Waals surface area contributed by atoms with Crippen LogP contribution < -0.4 is 0 Å². The highest BCUT2D eigenvalue weighted by molar-refractivity contribution is 6.83. The summed E-state index contributed by atoms with van der Waals surface area (Å²) in [5.74, 6) is 0.742. The van der Waals surface area contributed by atoms with Gasteiger partial charge in [-0.3, -0.25) is 0 Å². The second kappa shape index (κ2) is 3.57. The summed E-state index contributed by atoms with van der Waals surface area (Å²) in [5.41, 5.74) is 1.54. The van der Waals surface area contributed by atoms with Crippen LogP contribution in [0.25, 0.3) is 0 Å². The van der Waals surface area contributed by atoms with Gasteiger partial charge in [-0.15, -0.1) is 0 Å². The van der Waals surface area contributed by atoms with E-state index < -0.39 is 8.07 Å². The third-order valence-corrected chi connectivity index (χ3v) is 4.62. The highest BCUT2D eigenvalue weighted by Crippen LogP contribution is 2.25. The minimum Gasteiger partial charge on any atom is -0.0808 e. The molecule has 0 radical (unpaired) electrons. The van der Waals surface area contributed by atoms with Gasteiger partial charge >= 0.3 is 0 Å². The van der Waals surface area contributed by atoms with Crippen molar-refractivity contribution < 1.29 is 0 Å². The third kappa shape index (κ3) is 3.24. The van der Waals surface area contributed by atoms with Gasteiger partial charge in [0.25, 0.3) is 0 Å². The third-order valence-electron chi connectivity index (χ3n) is 1.92. The summed E-state index contributed by atoms with van der Waals surface area (Å²) in [6, 6.07) is 0. The van der Waals surface area contributed by atoms with Crippen LogP contribution in [-0.2, 0) is 0 Å². The maximum atomic E-state index is 2.43. The SMILES string of the molecule is CC(C)=C(C(C)C)[Si](C)(C)C. The van der Waals surface area contributed by atoms with Crippen LogP contribution in [0.2, 0.25) is 19.6 Å². The van der Waals surface area contributed by atoms with E-state index in [1.165, 1.54) is 0 Å². The first-order chi connectivity index (χ1) is 4.76. The summed E-state index contributed by atoms with van der Waals surface area (Å²) in [7, 11) is -1.03. The smallest absolute Gasteiger partial charge is 0.0726 e. The quantitative estimate of drug-likeness (QED) is 0.552. The fourth-order valence-electron chi connectivity index (χ4n) is 2.19. The van der Waals surface area contributed by atoms with E-state index >= 15 is 0 Å². The van der Waals surface area contributed by atoms with Crippen LogP contribution in [0, 0.1) is 5.92 Å². The van der Waals surface area contributed by atoms with Gasteiger partial charge in [0, 0.05) is 0 Å². The summed E-state index contributed by atoms with van der Waals surface area (Å²) < 4.78 is 0. The molecule has 0 atom stereocenters. The first kappa shape index (κ1) is 11.0. The maximum absolute atomic E-state index is 2.43. The van der Waals surface area contributed by atoms with E-state index in [0.717, 1.165) is 5.92 Å². The molecule has 0 bridgehead atoms. The predicted molar refractivity (Wildman–Crippen MR) is 56.6 cm³/mol. The van der Waals surface area contributed by atoms with Gasteiger partial charge in [-0.05, 0) is 19.8 Å². The summed E-state index contributed by atoms with van der Waals surface area (Å²) >= 11 is 0. The topological polar surface area (TPSA) is 0 Å². The van der Waals surface area contributed by atoms with E-state index in [4.69, 9.17) is 0 Å². The molecular formula is C10H22Si. The molecule has 0 aliphatic heterocycles. The molecule has 0 heterocycles. The van der Waals surface area contributed by atoms with Crippen molar-refractivity contribution in [2.75, 3.05) is 0 Å². The molecule has 66 valence electrons. The zero-order valence-corrected chi connectivity index (χ0v) is 10.1. The lowest BCUT2D eigenvalue weighted by atomic mass is 10.1. The molecule has 0 aromatic carbocycles. The van der Waals surface area contributed by atoms with Crippen LogP contribution in [0.1, 0.15) is 27.7 Å². The van der Waals surface area contributed by atoms with Crippen molar-refractivity contribution in [3.8, 4) is 0 Å². The fourth-order valence-corrected chi connectivity index (χ4v) is 5.43. The molecule has 0 spiro atoms. The highest BCUT2D eigenvalue weighted by Gasteiger charge is 2.22. The summed E-state index contributed by atoms with van der Waals surface area (Å²) in [5, 5.41) is 1.73. The average molecular weight is 170 g/mol. The standard InChI is InChI=1S/C10H22Si/c1-8(2)10(9(3)4)11(5,6)7/h8H,1-7H3. The van der Waals surface area contributed by atoms with Gasteiger partial charge < -0.3 is 0 Å². The Balaban J connectivity index is 4.80. The number of hydrogen-bond acceptors (Lipinski definition) is 0. The Labute approximate surface area is 72.7 Å². The molecule has 0 rings (SSSR count). The Morgan fingerprint density at radius 1 is 1.00 bits per heavy atom. The monoisotopic (exact) mass is 170 g/mol. The first-order valence-corrected chi connectivity index (χ1v) is 7.94. The minimum absolute atomic E-state index is 0.742. The lowest BCUT2D eigenvalue weighted by Gasteiger charge is -2.26. The van der Waals surface area contributed by atoms with Crippen LogP contribution >= 0.6 is 0 Å². The average Bonchev–Trinajstić information content (AvgIpc) is 1.54. The van der Waals surface area contributed by atoms with Crippen molar-refractivity contribution >= 4 is 8.07 Å². The molecule has 0 amide bonds. The number of rotatable bonds is 2. The lowest BCUT2D eigenvalue weighted by molar-refractivity contribution is 0.792. The van der Waals surface area contributed by atoms with E-state index in [1.54, 1.807) is 10.8 Å². The second-order valence-corrected chi connectivity index (χ2v) is 9.86. The molecule has 1 heteroatoms. The Hall–Kier alpha value is -0.0431. The molecule has 0 aliphatic carbocycles. The van der Waals surface area contributed by atoms with Gasteiger partial charge in [0.1, 0.15) is 0 Å². The fraction of sp³-hybridized carbons (Fsp3) is 0.800. The van der Waals surface area contributed by atoms with E-state index in [-0.39, 0.29) is 0 Å². The van der Waals surface area contributed by atoms with Crippen LogP contribution in [0.4, 0.5) is 0 Å². The Morgan fingerprint density at radius 2 is 1.36 bits per heavy atom. The molecule has 0 saturated carbocycles. The largest absolute Gasteiger partial charge is 0.0808 e. The first-order valence-electron chi connectivity index (χ1n) is 4.44. The number of allylic oxidation sites excluding steroid dienone is 2. The van der Waals surface area contributed by atoms with E-state index in [1.807, 2.05) is 0 Å². The molecule has 0 saturated heterocycles. The maximum Gasteiger partial charge on any atom is 0.0726 e. The molecule has 0 fully saturated rings. The van der Waals surface area contributed by atoms with Gasteiger partial charge in [-0.1, -0.05) is 44.3 Å². The molecule has 11 heavy (non-hydrogen) atoms. The van der Waals surface area contributed by atoms with E-state index in [0.29, 0.717) is 0 Å². The Bertz CT molecular complexity index is 154. The minimum atomic E-state index is -1.03. The molecule has 0 nitrogen and oxygen atoms in total. The zero-order valence-electron chi connectivity index (χ0n) is 9.08. The van der Waals surface area contributed by atoms with Crippen molar-refractivity contribution in [3.05, 3.63) is 10.8 Å². The van der Waals surface area contributed by atoms with Gasteiger partial charge in [0.15, 0.2) is 0 Å².